The molecule has 11 nitrogen and oxygen atoms in total. The number of rotatable bonds is 5. The van der Waals surface area contributed by atoms with Crippen LogP contribution < -0.4 is 27.1 Å². The molecule has 2 amide bonds. The molecule has 7 atom stereocenters. The second kappa shape index (κ2) is 12.4. The number of carbonyl (C=O) groups excluding carboxylic acids is 2. The van der Waals surface area contributed by atoms with E-state index in [1.807, 2.05) is 0 Å². The number of piperidine rings is 3. The number of nitrogens with one attached hydrogen (secondary N) is 4. The Kier molecular flexibility index (Phi) is 8.88. The average molecular weight is 568 g/mol. The summed E-state index contributed by atoms with van der Waals surface area (Å²) in [7, 11) is 0. The molecule has 6 aliphatic rings. The summed E-state index contributed by atoms with van der Waals surface area (Å²) in [6.07, 6.45) is 2.91. The predicted molar refractivity (Wildman–Crippen MR) is 146 cm³/mol. The van der Waals surface area contributed by atoms with Crippen LogP contribution in [-0.2, 0) is 9.59 Å². The highest BCUT2D eigenvalue weighted by atomic mass is 19.1. The van der Waals surface area contributed by atoms with Gasteiger partial charge >= 0.3 is 0 Å². The topological polar surface area (TPSA) is 121 Å². The highest BCUT2D eigenvalue weighted by Gasteiger charge is 2.49. The molecule has 7 unspecified atom stereocenters. The van der Waals surface area contributed by atoms with E-state index in [-0.39, 0.29) is 37.4 Å². The Hall–Kier alpha value is -1.48. The average Bonchev–Trinajstić information content (AvgIpc) is 3.60. The summed E-state index contributed by atoms with van der Waals surface area (Å²) in [5, 5.41) is 10.9. The van der Waals surface area contributed by atoms with Crippen LogP contribution in [0.1, 0.15) is 38.5 Å². The summed E-state index contributed by atoms with van der Waals surface area (Å²) in [4.78, 5) is 33.5. The standard InChI is InChI=1S/C27H47F2N9O2/c28-18-13-32-25-22(24(30)34-38(25)16-18)26(39)33-21-15-31-14-20(29)23(21)36-9-3-17(4-10-36)27(40)37-11-5-19(6-12-37)35-7-1-2-8-35/h17-25,31-32,34H,1-16,30H2,(H,33,39). The molecule has 6 fully saturated rings. The van der Waals surface area contributed by atoms with E-state index in [2.05, 4.69) is 36.1 Å². The summed E-state index contributed by atoms with van der Waals surface area (Å²) in [5.74, 6) is -0.636. The highest BCUT2D eigenvalue weighted by molar-refractivity contribution is 5.81. The van der Waals surface area contributed by atoms with E-state index in [1.165, 1.54) is 25.9 Å². The number of halogens is 2. The van der Waals surface area contributed by atoms with Gasteiger partial charge in [-0.1, -0.05) is 0 Å². The zero-order chi connectivity index (χ0) is 27.8. The minimum Gasteiger partial charge on any atom is -0.350 e. The van der Waals surface area contributed by atoms with Crippen LogP contribution in [-0.4, -0.2) is 140 Å². The highest BCUT2D eigenvalue weighted by Crippen LogP contribution is 2.29. The number of nitrogens with zero attached hydrogens (tertiary/aromatic N) is 4. The molecule has 0 aromatic carbocycles. The Balaban J connectivity index is 1.02. The third kappa shape index (κ3) is 5.88. The van der Waals surface area contributed by atoms with Crippen LogP contribution in [0.15, 0.2) is 0 Å². The van der Waals surface area contributed by atoms with Crippen molar-refractivity contribution in [2.75, 3.05) is 65.4 Å². The van der Waals surface area contributed by atoms with Gasteiger partial charge in [-0.15, -0.1) is 0 Å². The van der Waals surface area contributed by atoms with Gasteiger partial charge in [0, 0.05) is 51.2 Å². The minimum absolute atomic E-state index is 0.0161. The number of likely N-dealkylation sites (tertiary alicyclic amines) is 3. The second-order valence-corrected chi connectivity index (χ2v) is 12.7. The summed E-state index contributed by atoms with van der Waals surface area (Å²) in [5.41, 5.74) is 9.23. The first-order chi connectivity index (χ1) is 19.4. The molecule has 6 saturated heterocycles. The van der Waals surface area contributed by atoms with E-state index in [0.717, 1.165) is 25.9 Å². The first kappa shape index (κ1) is 28.6. The van der Waals surface area contributed by atoms with E-state index in [4.69, 9.17) is 5.73 Å². The number of hydrazine groups is 1. The van der Waals surface area contributed by atoms with Gasteiger partial charge in [-0.05, 0) is 64.7 Å². The van der Waals surface area contributed by atoms with Crippen LogP contribution in [0.25, 0.3) is 0 Å². The lowest BCUT2D eigenvalue weighted by molar-refractivity contribution is -0.139. The Morgan fingerprint density at radius 3 is 2.33 bits per heavy atom. The molecular weight excluding hydrogens is 520 g/mol. The van der Waals surface area contributed by atoms with E-state index >= 15 is 4.39 Å². The molecule has 0 aromatic rings. The number of hydrogen-bond donors (Lipinski definition) is 5. The third-order valence-corrected chi connectivity index (χ3v) is 10.2. The van der Waals surface area contributed by atoms with E-state index in [9.17, 15) is 14.0 Å². The Bertz CT molecular complexity index is 895. The SMILES string of the molecule is NC1NN2CC(F)CNC2C1C(=O)NC1CNCC(F)C1N1CCC(C(=O)N2CCC(N3CCCC3)CC2)CC1. The molecule has 0 aliphatic carbocycles. The number of amides is 2. The van der Waals surface area contributed by atoms with Gasteiger partial charge in [-0.2, -0.15) is 0 Å². The van der Waals surface area contributed by atoms with Crippen LogP contribution in [0.2, 0.25) is 0 Å². The lowest BCUT2D eigenvalue weighted by atomic mass is 9.89. The van der Waals surface area contributed by atoms with Crippen LogP contribution >= 0.6 is 0 Å². The van der Waals surface area contributed by atoms with Crippen LogP contribution in [0.5, 0.6) is 0 Å². The maximum atomic E-state index is 15.4. The molecule has 13 heteroatoms. The molecule has 0 saturated carbocycles. The van der Waals surface area contributed by atoms with Crippen molar-refractivity contribution >= 4 is 11.8 Å². The molecular formula is C27H47F2N9O2. The van der Waals surface area contributed by atoms with Crippen LogP contribution in [0.3, 0.4) is 0 Å². The van der Waals surface area contributed by atoms with Gasteiger partial charge in [0.05, 0.1) is 30.3 Å². The molecule has 0 aromatic heterocycles. The Morgan fingerprint density at radius 1 is 0.875 bits per heavy atom. The molecule has 6 aliphatic heterocycles. The number of fused-ring (bicyclic) bond motifs is 1. The predicted octanol–water partition coefficient (Wildman–Crippen LogP) is -1.43. The van der Waals surface area contributed by atoms with Gasteiger partial charge in [0.15, 0.2) is 0 Å². The van der Waals surface area contributed by atoms with Crippen molar-refractivity contribution in [2.24, 2.45) is 17.6 Å². The molecule has 0 spiro atoms. The maximum absolute atomic E-state index is 15.4. The van der Waals surface area contributed by atoms with Gasteiger partial charge in [0.1, 0.15) is 12.3 Å². The van der Waals surface area contributed by atoms with Crippen molar-refractivity contribution in [1.82, 2.24) is 41.1 Å². The maximum Gasteiger partial charge on any atom is 0.229 e. The summed E-state index contributed by atoms with van der Waals surface area (Å²) >= 11 is 0. The zero-order valence-electron chi connectivity index (χ0n) is 23.4. The fourth-order valence-electron chi connectivity index (χ4n) is 8.01. The normalized spacial score (nSPS) is 39.4. The summed E-state index contributed by atoms with van der Waals surface area (Å²) in [6.45, 7) is 6.39. The van der Waals surface area contributed by atoms with Gasteiger partial charge in [0.25, 0.3) is 0 Å². The van der Waals surface area contributed by atoms with Crippen molar-refractivity contribution in [3.63, 3.8) is 0 Å². The van der Waals surface area contributed by atoms with Crippen molar-refractivity contribution in [2.45, 2.75) is 81.3 Å². The Labute approximate surface area is 235 Å². The Morgan fingerprint density at radius 2 is 1.60 bits per heavy atom. The van der Waals surface area contributed by atoms with Crippen molar-refractivity contribution in [1.29, 1.82) is 0 Å². The zero-order valence-corrected chi connectivity index (χ0v) is 23.4. The molecule has 6 heterocycles. The van der Waals surface area contributed by atoms with Crippen molar-refractivity contribution < 1.29 is 18.4 Å². The minimum atomic E-state index is -1.14. The second-order valence-electron chi connectivity index (χ2n) is 12.7. The lowest BCUT2D eigenvalue weighted by Crippen LogP contribution is -2.67. The fraction of sp³-hybridized carbons (Fsp3) is 0.926. The van der Waals surface area contributed by atoms with E-state index in [0.29, 0.717) is 38.5 Å². The smallest absolute Gasteiger partial charge is 0.229 e. The summed E-state index contributed by atoms with van der Waals surface area (Å²) in [6, 6.07) is -0.269. The largest absolute Gasteiger partial charge is 0.350 e. The van der Waals surface area contributed by atoms with E-state index in [1.54, 1.807) is 5.01 Å². The molecule has 0 bridgehead atoms. The number of alkyl halides is 2. The first-order valence-corrected chi connectivity index (χ1v) is 15.5. The van der Waals surface area contributed by atoms with Gasteiger partial charge in [-0.3, -0.25) is 19.8 Å². The molecule has 226 valence electrons. The van der Waals surface area contributed by atoms with Crippen molar-refractivity contribution in [3.05, 3.63) is 0 Å². The molecule has 6 rings (SSSR count). The molecule has 6 N–H and O–H groups in total. The first-order valence-electron chi connectivity index (χ1n) is 15.5. The number of nitrogens with two attached hydrogens (primary N) is 1. The van der Waals surface area contributed by atoms with Gasteiger partial charge < -0.3 is 26.2 Å². The number of hydrogen-bond acceptors (Lipinski definition) is 9. The molecule has 0 radical (unpaired) electrons. The van der Waals surface area contributed by atoms with Crippen LogP contribution in [0, 0.1) is 11.8 Å². The fourth-order valence-corrected chi connectivity index (χ4v) is 8.01. The summed E-state index contributed by atoms with van der Waals surface area (Å²) < 4.78 is 29.2. The van der Waals surface area contributed by atoms with Gasteiger partial charge in [-0.25, -0.2) is 19.2 Å². The van der Waals surface area contributed by atoms with Crippen molar-refractivity contribution in [3.8, 4) is 0 Å². The lowest BCUT2D eigenvalue weighted by Gasteiger charge is -2.46. The van der Waals surface area contributed by atoms with Gasteiger partial charge in [0.2, 0.25) is 11.8 Å². The van der Waals surface area contributed by atoms with Crippen LogP contribution in [0.4, 0.5) is 8.78 Å². The number of carbonyl (C=O) groups is 2. The third-order valence-electron chi connectivity index (χ3n) is 10.2. The quantitative estimate of drug-likeness (QED) is 0.272. The monoisotopic (exact) mass is 567 g/mol. The molecule has 40 heavy (non-hydrogen) atoms. The van der Waals surface area contributed by atoms with E-state index < -0.39 is 42.7 Å².